The second-order valence-corrected chi connectivity index (χ2v) is 8.04. The molecule has 5 aromatic rings. The highest BCUT2D eigenvalue weighted by atomic mass is 14.6. The van der Waals surface area contributed by atoms with Crippen molar-refractivity contribution in [2.45, 2.75) is 6.92 Å². The van der Waals surface area contributed by atoms with Crippen LogP contribution in [-0.2, 0) is 0 Å². The Hall–Kier alpha value is -3.97. The van der Waals surface area contributed by atoms with Crippen molar-refractivity contribution in [3.63, 3.8) is 0 Å². The van der Waals surface area contributed by atoms with E-state index in [0.717, 1.165) is 0 Å². The normalized spacial score (nSPS) is 12.1. The summed E-state index contributed by atoms with van der Waals surface area (Å²) in [4.78, 5) is 4.41. The van der Waals surface area contributed by atoms with Gasteiger partial charge in [0.25, 0.3) is 0 Å². The molecule has 0 amide bonds. The number of hydrogen-bond donors (Lipinski definition) is 0. The van der Waals surface area contributed by atoms with Crippen LogP contribution in [0.3, 0.4) is 0 Å². The molecule has 0 saturated heterocycles. The molecule has 0 spiro atoms. The van der Waals surface area contributed by atoms with Crippen molar-refractivity contribution in [3.8, 4) is 11.1 Å². The number of aliphatic imine (C=N–C) groups is 1. The third kappa shape index (κ3) is 3.52. The van der Waals surface area contributed by atoms with Gasteiger partial charge in [0.05, 0.1) is 0 Å². The van der Waals surface area contributed by atoms with Crippen LogP contribution in [0.5, 0.6) is 0 Å². The molecule has 0 radical (unpaired) electrons. The molecule has 0 fully saturated rings. The number of hydrogen-bond acceptors (Lipinski definition) is 1. The molecule has 0 aliphatic carbocycles. The fourth-order valence-electron chi connectivity index (χ4n) is 4.61. The second-order valence-electron chi connectivity index (χ2n) is 8.04. The van der Waals surface area contributed by atoms with Gasteiger partial charge in [-0.1, -0.05) is 109 Å². The van der Waals surface area contributed by atoms with Gasteiger partial charge in [0.2, 0.25) is 0 Å². The number of benzene rings is 5. The van der Waals surface area contributed by atoms with E-state index < -0.39 is 0 Å². The first-order valence-electron chi connectivity index (χ1n) is 11.0. The highest BCUT2D eigenvalue weighted by molar-refractivity contribution is 6.19. The van der Waals surface area contributed by atoms with Gasteiger partial charge in [0.1, 0.15) is 0 Å². The van der Waals surface area contributed by atoms with Crippen molar-refractivity contribution >= 4 is 39.4 Å². The Labute approximate surface area is 189 Å². The van der Waals surface area contributed by atoms with Crippen LogP contribution in [-0.4, -0.2) is 13.3 Å². The van der Waals surface area contributed by atoms with Crippen LogP contribution in [0.25, 0.3) is 44.3 Å². The van der Waals surface area contributed by atoms with Gasteiger partial charge in [-0.15, -0.1) is 0 Å². The molecule has 5 rings (SSSR count). The van der Waals surface area contributed by atoms with Crippen molar-refractivity contribution in [2.24, 2.45) is 4.99 Å². The molecule has 1 nitrogen and oxygen atoms in total. The smallest absolute Gasteiger partial charge is 0.0293 e. The highest BCUT2D eigenvalue weighted by Gasteiger charge is 2.13. The van der Waals surface area contributed by atoms with Gasteiger partial charge >= 0.3 is 0 Å². The summed E-state index contributed by atoms with van der Waals surface area (Å²) in [5, 5.41) is 5.01. The van der Waals surface area contributed by atoms with Crippen molar-refractivity contribution in [1.29, 1.82) is 0 Å². The van der Waals surface area contributed by atoms with E-state index in [2.05, 4.69) is 121 Å². The lowest BCUT2D eigenvalue weighted by atomic mass is 9.89. The van der Waals surface area contributed by atoms with E-state index >= 15 is 0 Å². The van der Waals surface area contributed by atoms with Crippen molar-refractivity contribution in [2.75, 3.05) is 7.05 Å². The molecule has 1 heteroatoms. The molecule has 0 atom stereocenters. The van der Waals surface area contributed by atoms with Gasteiger partial charge in [0, 0.05) is 18.8 Å². The Bertz CT molecular complexity index is 1470. The molecule has 0 aromatic heterocycles. The van der Waals surface area contributed by atoms with E-state index in [0.29, 0.717) is 0 Å². The largest absolute Gasteiger partial charge is 0.296 e. The van der Waals surface area contributed by atoms with Crippen LogP contribution in [0.1, 0.15) is 23.6 Å². The van der Waals surface area contributed by atoms with Crippen LogP contribution in [0, 0.1) is 0 Å². The van der Waals surface area contributed by atoms with Crippen LogP contribution in [0.15, 0.2) is 108 Å². The summed E-state index contributed by atoms with van der Waals surface area (Å²) >= 11 is 0. The monoisotopic (exact) mass is 411 g/mol. The maximum Gasteiger partial charge on any atom is 0.0293 e. The second kappa shape index (κ2) is 8.64. The van der Waals surface area contributed by atoms with Crippen LogP contribution >= 0.6 is 0 Å². The Morgan fingerprint density at radius 2 is 1.12 bits per heavy atom. The fraction of sp³-hybridized carbons (Fsp3) is 0.0645. The summed E-state index contributed by atoms with van der Waals surface area (Å²) < 4.78 is 0. The summed E-state index contributed by atoms with van der Waals surface area (Å²) in [5.74, 6) is 0. The van der Waals surface area contributed by atoms with Crippen LogP contribution in [0.4, 0.5) is 0 Å². The van der Waals surface area contributed by atoms with Gasteiger partial charge in [-0.3, -0.25) is 4.99 Å². The number of fused-ring (bicyclic) bond motifs is 3. The van der Waals surface area contributed by atoms with Gasteiger partial charge in [-0.2, -0.15) is 0 Å². The lowest BCUT2D eigenvalue weighted by Crippen LogP contribution is -1.94. The van der Waals surface area contributed by atoms with E-state index in [1.54, 1.807) is 0 Å². The molecular formula is C31H25N. The predicted octanol–water partition coefficient (Wildman–Crippen LogP) is 8.27. The molecule has 0 aliphatic rings. The maximum atomic E-state index is 4.41. The van der Waals surface area contributed by atoms with E-state index in [-0.39, 0.29) is 0 Å². The zero-order valence-corrected chi connectivity index (χ0v) is 18.4. The Morgan fingerprint density at radius 3 is 1.78 bits per heavy atom. The lowest BCUT2D eigenvalue weighted by molar-refractivity contribution is 1.47. The molecule has 0 N–H and O–H groups in total. The van der Waals surface area contributed by atoms with Crippen molar-refractivity contribution in [3.05, 3.63) is 120 Å². The molecule has 0 aliphatic heterocycles. The van der Waals surface area contributed by atoms with Gasteiger partial charge in [-0.25, -0.2) is 0 Å². The average molecular weight is 412 g/mol. The standard InChI is InChI=1S/C31H25N/c1-22(24-14-6-7-15-25(24)23-12-4-3-5-13-23)20-30-28-18-10-8-16-26(28)27-17-9-11-19-29(27)31(30)21-32-2/h3-21H,1-2H3/b22-20+,32-21?. The molecule has 0 bridgehead atoms. The summed E-state index contributed by atoms with van der Waals surface area (Å²) in [6, 6.07) is 36.5. The minimum atomic E-state index is 1.17. The average Bonchev–Trinajstić information content (AvgIpc) is 2.86. The highest BCUT2D eigenvalue weighted by Crippen LogP contribution is 2.36. The molecule has 0 unspecified atom stereocenters. The zero-order valence-electron chi connectivity index (χ0n) is 18.4. The Morgan fingerprint density at radius 1 is 0.594 bits per heavy atom. The van der Waals surface area contributed by atoms with E-state index in [1.165, 1.54) is 54.9 Å². The SMILES string of the molecule is CN=Cc1c(/C=C(\C)c2ccccc2-c2ccccc2)c2ccccc2c2ccccc12. The number of rotatable bonds is 4. The first-order valence-corrected chi connectivity index (χ1v) is 11.0. The van der Waals surface area contributed by atoms with Crippen LogP contribution < -0.4 is 0 Å². The van der Waals surface area contributed by atoms with Crippen LogP contribution in [0.2, 0.25) is 0 Å². The first-order chi connectivity index (χ1) is 15.8. The predicted molar refractivity (Wildman–Crippen MR) is 140 cm³/mol. The summed E-state index contributed by atoms with van der Waals surface area (Å²) in [6.07, 6.45) is 4.32. The summed E-state index contributed by atoms with van der Waals surface area (Å²) in [6.45, 7) is 2.21. The van der Waals surface area contributed by atoms with E-state index in [1.807, 2.05) is 13.3 Å². The lowest BCUT2D eigenvalue weighted by Gasteiger charge is -2.15. The maximum absolute atomic E-state index is 4.41. The quantitative estimate of drug-likeness (QED) is 0.160. The zero-order chi connectivity index (χ0) is 21.9. The number of allylic oxidation sites excluding steroid dienone is 1. The first kappa shape index (κ1) is 20.0. The van der Waals surface area contributed by atoms with Gasteiger partial charge in [-0.05, 0) is 56.3 Å². The minimum Gasteiger partial charge on any atom is -0.296 e. The fourth-order valence-corrected chi connectivity index (χ4v) is 4.61. The molecule has 32 heavy (non-hydrogen) atoms. The molecule has 0 heterocycles. The molecule has 0 saturated carbocycles. The molecule has 154 valence electrons. The van der Waals surface area contributed by atoms with Gasteiger partial charge in [0.15, 0.2) is 0 Å². The van der Waals surface area contributed by atoms with Gasteiger partial charge < -0.3 is 0 Å². The molecular weight excluding hydrogens is 386 g/mol. The Kier molecular flexibility index (Phi) is 5.39. The Balaban J connectivity index is 1.80. The van der Waals surface area contributed by atoms with E-state index in [4.69, 9.17) is 0 Å². The topological polar surface area (TPSA) is 12.4 Å². The van der Waals surface area contributed by atoms with Crippen molar-refractivity contribution in [1.82, 2.24) is 0 Å². The minimum absolute atomic E-state index is 1.17. The third-order valence-corrected chi connectivity index (χ3v) is 6.07. The summed E-state index contributed by atoms with van der Waals surface area (Å²) in [7, 11) is 1.84. The summed E-state index contributed by atoms with van der Waals surface area (Å²) in [5.41, 5.74) is 7.33. The molecule has 5 aromatic carbocycles. The van der Waals surface area contributed by atoms with Crippen molar-refractivity contribution < 1.29 is 0 Å². The third-order valence-electron chi connectivity index (χ3n) is 6.07. The van der Waals surface area contributed by atoms with E-state index in [9.17, 15) is 0 Å². The number of nitrogens with zero attached hydrogens (tertiary/aromatic N) is 1.